The van der Waals surface area contributed by atoms with Crippen LogP contribution >= 0.6 is 0 Å². The second-order valence-corrected chi connectivity index (χ2v) is 10.2. The van der Waals surface area contributed by atoms with E-state index in [-0.39, 0.29) is 41.2 Å². The molecule has 10 nitrogen and oxygen atoms in total. The average Bonchev–Trinajstić information content (AvgIpc) is 3.40. The molecule has 0 atom stereocenters. The first-order valence-electron chi connectivity index (χ1n) is 13.4. The maximum Gasteiger partial charge on any atom is 0.416 e. The number of alkyl halides is 3. The Kier molecular flexibility index (Phi) is 8.41. The number of nitrogens with one attached hydrogen (secondary N) is 3. The zero-order valence-corrected chi connectivity index (χ0v) is 23.4. The molecule has 0 bridgehead atoms. The van der Waals surface area contributed by atoms with Crippen LogP contribution in [0.15, 0.2) is 59.1 Å². The van der Waals surface area contributed by atoms with Crippen molar-refractivity contribution in [2.75, 3.05) is 49.2 Å². The molecule has 1 amide bonds. The lowest BCUT2D eigenvalue weighted by atomic mass is 10.0. The number of likely N-dealkylation sites (N-methyl/N-ethyl adjacent to an activating group) is 1. The van der Waals surface area contributed by atoms with Gasteiger partial charge in [0.25, 0.3) is 5.91 Å². The highest BCUT2D eigenvalue weighted by atomic mass is 19.4. The molecule has 220 valence electrons. The fraction of sp³-hybridized carbons (Fsp3) is 0.310. The van der Waals surface area contributed by atoms with E-state index in [1.807, 2.05) is 37.1 Å². The average molecular weight is 581 g/mol. The van der Waals surface area contributed by atoms with Crippen molar-refractivity contribution in [2.45, 2.75) is 26.6 Å². The summed E-state index contributed by atoms with van der Waals surface area (Å²) in [6.45, 7) is 6.82. The Balaban J connectivity index is 1.29. The van der Waals surface area contributed by atoms with Crippen LogP contribution in [-0.2, 0) is 12.7 Å². The molecule has 1 fully saturated rings. The number of carbonyl (C=O) groups is 1. The van der Waals surface area contributed by atoms with Crippen LogP contribution in [-0.4, -0.2) is 63.9 Å². The number of halogens is 3. The number of hydrogen-bond donors (Lipinski definition) is 3. The first-order chi connectivity index (χ1) is 20.0. The summed E-state index contributed by atoms with van der Waals surface area (Å²) in [6, 6.07) is 13.1. The number of benzene rings is 2. The standard InChI is InChI=1S/C29H31F3N8O2/c1-18-6-4-5-7-23(18)37-27(41)24-16-33-28(42-24)38-26-15-25(34-19(2)35-26)36-21-9-8-20(22(14-21)29(30,31)32)17-40-12-10-39(3)11-13-40/h4-9,14-16H,10-13,17H2,1-3H3,(H,37,41)(H2,33,34,35,36,38). The van der Waals surface area contributed by atoms with Crippen molar-refractivity contribution in [1.82, 2.24) is 24.8 Å². The van der Waals surface area contributed by atoms with Crippen LogP contribution in [0, 0.1) is 13.8 Å². The van der Waals surface area contributed by atoms with E-state index in [4.69, 9.17) is 4.42 Å². The maximum absolute atomic E-state index is 14.0. The predicted octanol–water partition coefficient (Wildman–Crippen LogP) is 5.59. The van der Waals surface area contributed by atoms with Crippen LogP contribution in [0.25, 0.3) is 0 Å². The molecular formula is C29H31F3N8O2. The smallest absolute Gasteiger partial charge is 0.416 e. The lowest BCUT2D eigenvalue weighted by Crippen LogP contribution is -2.44. The van der Waals surface area contributed by atoms with Gasteiger partial charge in [0.05, 0.1) is 11.8 Å². The number of piperazine rings is 1. The van der Waals surface area contributed by atoms with E-state index in [2.05, 4.69) is 35.8 Å². The van der Waals surface area contributed by atoms with Gasteiger partial charge in [-0.1, -0.05) is 24.3 Å². The Bertz CT molecular complexity index is 1560. The van der Waals surface area contributed by atoms with Crippen LogP contribution < -0.4 is 16.0 Å². The number of carbonyl (C=O) groups excluding carboxylic acids is 1. The van der Waals surface area contributed by atoms with Gasteiger partial charge in [-0.15, -0.1) is 0 Å². The third kappa shape index (κ3) is 7.22. The zero-order valence-electron chi connectivity index (χ0n) is 23.4. The van der Waals surface area contributed by atoms with Gasteiger partial charge < -0.3 is 20.0 Å². The molecule has 0 unspecified atom stereocenters. The molecule has 42 heavy (non-hydrogen) atoms. The summed E-state index contributed by atoms with van der Waals surface area (Å²) in [5.74, 6) is 0.424. The lowest BCUT2D eigenvalue weighted by molar-refractivity contribution is -0.138. The largest absolute Gasteiger partial charge is 0.418 e. The molecular weight excluding hydrogens is 549 g/mol. The maximum atomic E-state index is 14.0. The highest BCUT2D eigenvalue weighted by Gasteiger charge is 2.34. The number of oxazole rings is 1. The summed E-state index contributed by atoms with van der Waals surface area (Å²) in [7, 11) is 2.00. The van der Waals surface area contributed by atoms with E-state index in [0.29, 0.717) is 24.6 Å². The normalized spacial score (nSPS) is 14.5. The van der Waals surface area contributed by atoms with Crippen molar-refractivity contribution in [3.8, 4) is 0 Å². The number of aromatic nitrogens is 3. The molecule has 1 saturated heterocycles. The van der Waals surface area contributed by atoms with Gasteiger partial charge in [0.2, 0.25) is 5.76 Å². The van der Waals surface area contributed by atoms with Gasteiger partial charge in [-0.3, -0.25) is 15.0 Å². The van der Waals surface area contributed by atoms with E-state index in [1.165, 1.54) is 18.3 Å². The van der Waals surface area contributed by atoms with Crippen molar-refractivity contribution in [1.29, 1.82) is 0 Å². The molecule has 0 aliphatic carbocycles. The van der Waals surface area contributed by atoms with E-state index >= 15 is 0 Å². The summed E-state index contributed by atoms with van der Waals surface area (Å²) in [5, 5.41) is 8.60. The molecule has 0 radical (unpaired) electrons. The monoisotopic (exact) mass is 580 g/mol. The number of anilines is 5. The van der Waals surface area contributed by atoms with Crippen molar-refractivity contribution >= 4 is 34.9 Å². The van der Waals surface area contributed by atoms with E-state index in [9.17, 15) is 18.0 Å². The molecule has 2 aromatic carbocycles. The zero-order chi connectivity index (χ0) is 29.9. The number of amides is 1. The van der Waals surface area contributed by atoms with Crippen LogP contribution in [0.4, 0.5) is 42.2 Å². The van der Waals surface area contributed by atoms with Crippen molar-refractivity contribution < 1.29 is 22.4 Å². The Morgan fingerprint density at radius 1 is 0.976 bits per heavy atom. The summed E-state index contributed by atoms with van der Waals surface area (Å²) >= 11 is 0. The Hall–Kier alpha value is -4.49. The number of hydrogen-bond acceptors (Lipinski definition) is 9. The molecule has 3 heterocycles. The molecule has 0 spiro atoms. The van der Waals surface area contributed by atoms with Crippen LogP contribution in [0.2, 0.25) is 0 Å². The minimum absolute atomic E-state index is 0.0128. The second-order valence-electron chi connectivity index (χ2n) is 10.2. The quantitative estimate of drug-likeness (QED) is 0.246. The Labute approximate surface area is 241 Å². The number of para-hydroxylation sites is 1. The van der Waals surface area contributed by atoms with Crippen LogP contribution in [0.1, 0.15) is 33.1 Å². The number of aryl methyl sites for hydroxylation is 2. The Morgan fingerprint density at radius 2 is 1.69 bits per heavy atom. The highest BCUT2D eigenvalue weighted by molar-refractivity contribution is 6.02. The molecule has 4 aromatic rings. The third-order valence-electron chi connectivity index (χ3n) is 6.87. The SMILES string of the molecule is Cc1nc(Nc2ccc(CN3CCN(C)CC3)c(C(F)(F)F)c2)cc(Nc2ncc(C(=O)Nc3ccccc3C)o2)n1. The lowest BCUT2D eigenvalue weighted by Gasteiger charge is -2.33. The minimum Gasteiger partial charge on any atom is -0.418 e. The molecule has 2 aromatic heterocycles. The van der Waals surface area contributed by atoms with Gasteiger partial charge in [0.15, 0.2) is 0 Å². The van der Waals surface area contributed by atoms with Crippen LogP contribution in [0.3, 0.4) is 0 Å². The minimum atomic E-state index is -4.51. The fourth-order valence-electron chi connectivity index (χ4n) is 4.59. The predicted molar refractivity (Wildman–Crippen MR) is 153 cm³/mol. The summed E-state index contributed by atoms with van der Waals surface area (Å²) < 4.78 is 47.6. The summed E-state index contributed by atoms with van der Waals surface area (Å²) in [4.78, 5) is 29.5. The van der Waals surface area contributed by atoms with E-state index < -0.39 is 17.6 Å². The molecule has 13 heteroatoms. The molecule has 1 aliphatic rings. The van der Waals surface area contributed by atoms with Gasteiger partial charge >= 0.3 is 12.2 Å². The summed E-state index contributed by atoms with van der Waals surface area (Å²) in [6.07, 6.45) is -3.23. The fourth-order valence-corrected chi connectivity index (χ4v) is 4.59. The molecule has 5 rings (SSSR count). The van der Waals surface area contributed by atoms with Crippen LogP contribution in [0.5, 0.6) is 0 Å². The van der Waals surface area contributed by atoms with Crippen molar-refractivity contribution in [2.24, 2.45) is 0 Å². The topological polar surface area (TPSA) is 111 Å². The van der Waals surface area contributed by atoms with Crippen molar-refractivity contribution in [3.63, 3.8) is 0 Å². The second kappa shape index (κ2) is 12.2. The van der Waals surface area contributed by atoms with E-state index in [1.54, 1.807) is 19.1 Å². The third-order valence-corrected chi connectivity index (χ3v) is 6.87. The number of rotatable bonds is 8. The van der Waals surface area contributed by atoms with Gasteiger partial charge in [0, 0.05) is 50.2 Å². The first-order valence-corrected chi connectivity index (χ1v) is 13.4. The number of nitrogens with zero attached hydrogens (tertiary/aromatic N) is 5. The molecule has 0 saturated carbocycles. The Morgan fingerprint density at radius 3 is 2.40 bits per heavy atom. The van der Waals surface area contributed by atoms with Gasteiger partial charge in [-0.2, -0.15) is 13.2 Å². The van der Waals surface area contributed by atoms with E-state index in [0.717, 1.165) is 24.7 Å². The first kappa shape index (κ1) is 29.0. The molecule has 1 aliphatic heterocycles. The van der Waals surface area contributed by atoms with Crippen molar-refractivity contribution in [3.05, 3.63) is 83.0 Å². The summed E-state index contributed by atoms with van der Waals surface area (Å²) in [5.41, 5.74) is 1.32. The molecule has 3 N–H and O–H groups in total. The van der Waals surface area contributed by atoms with Gasteiger partial charge in [-0.05, 0) is 50.2 Å². The van der Waals surface area contributed by atoms with Gasteiger partial charge in [0.1, 0.15) is 17.5 Å². The van der Waals surface area contributed by atoms with Gasteiger partial charge in [-0.25, -0.2) is 15.0 Å². The highest BCUT2D eigenvalue weighted by Crippen LogP contribution is 2.35.